The molecule has 0 aromatic heterocycles. The van der Waals surface area contributed by atoms with Crippen LogP contribution < -0.4 is 10.5 Å². The van der Waals surface area contributed by atoms with Gasteiger partial charge in [0.05, 0.1) is 16.7 Å². The predicted molar refractivity (Wildman–Crippen MR) is 86.9 cm³/mol. The van der Waals surface area contributed by atoms with Crippen LogP contribution >= 0.6 is 34.8 Å². The van der Waals surface area contributed by atoms with E-state index >= 15 is 0 Å². The lowest BCUT2D eigenvalue weighted by molar-refractivity contribution is 0.103. The van der Waals surface area contributed by atoms with Crippen molar-refractivity contribution in [3.8, 4) is 5.75 Å². The van der Waals surface area contributed by atoms with E-state index in [0.717, 1.165) is 0 Å². The highest BCUT2D eigenvalue weighted by Gasteiger charge is 2.18. The molecule has 2 N–H and O–H groups in total. The molecule has 0 amide bonds. The number of anilines is 1. The Bertz CT molecular complexity index is 702. The van der Waals surface area contributed by atoms with Gasteiger partial charge in [-0.05, 0) is 31.2 Å². The van der Waals surface area contributed by atoms with Crippen molar-refractivity contribution in [3.63, 3.8) is 0 Å². The van der Waals surface area contributed by atoms with Crippen molar-refractivity contribution in [1.29, 1.82) is 0 Å². The van der Waals surface area contributed by atoms with Gasteiger partial charge in [0.2, 0.25) is 0 Å². The number of rotatable bonds is 4. The van der Waals surface area contributed by atoms with E-state index in [1.54, 1.807) is 12.1 Å². The fourth-order valence-corrected chi connectivity index (χ4v) is 2.49. The first-order valence-corrected chi connectivity index (χ1v) is 7.29. The van der Waals surface area contributed by atoms with Crippen LogP contribution in [0.25, 0.3) is 0 Å². The summed E-state index contributed by atoms with van der Waals surface area (Å²) in [6.45, 7) is 2.28. The molecule has 6 heteroatoms. The van der Waals surface area contributed by atoms with Crippen molar-refractivity contribution in [2.45, 2.75) is 6.92 Å². The molecule has 0 aliphatic carbocycles. The minimum absolute atomic E-state index is 0.252. The Hall–Kier alpha value is -1.42. The second-order valence-electron chi connectivity index (χ2n) is 4.26. The summed E-state index contributed by atoms with van der Waals surface area (Å²) in [5, 5.41) is 1.03. The number of carbonyl (C=O) groups excluding carboxylic acids is 1. The quantitative estimate of drug-likeness (QED) is 0.636. The van der Waals surface area contributed by atoms with Gasteiger partial charge in [0, 0.05) is 27.9 Å². The van der Waals surface area contributed by atoms with Crippen LogP contribution in [0.1, 0.15) is 22.8 Å². The number of hydrogen-bond donors (Lipinski definition) is 1. The van der Waals surface area contributed by atoms with E-state index in [4.69, 9.17) is 45.3 Å². The highest BCUT2D eigenvalue weighted by atomic mass is 35.5. The van der Waals surface area contributed by atoms with Crippen LogP contribution in [0.2, 0.25) is 15.1 Å². The van der Waals surface area contributed by atoms with Gasteiger partial charge in [-0.1, -0.05) is 34.8 Å². The van der Waals surface area contributed by atoms with Crippen molar-refractivity contribution in [2.24, 2.45) is 0 Å². The van der Waals surface area contributed by atoms with Crippen molar-refractivity contribution in [1.82, 2.24) is 0 Å². The molecule has 0 heterocycles. The molecule has 110 valence electrons. The maximum Gasteiger partial charge on any atom is 0.196 e. The Morgan fingerprint density at radius 3 is 2.43 bits per heavy atom. The van der Waals surface area contributed by atoms with E-state index in [1.165, 1.54) is 18.2 Å². The zero-order chi connectivity index (χ0) is 15.6. The summed E-state index contributed by atoms with van der Waals surface area (Å²) in [7, 11) is 0. The van der Waals surface area contributed by atoms with Gasteiger partial charge in [-0.2, -0.15) is 0 Å². The van der Waals surface area contributed by atoms with Crippen LogP contribution in [0, 0.1) is 0 Å². The summed E-state index contributed by atoms with van der Waals surface area (Å²) in [6, 6.07) is 7.66. The molecule has 0 fully saturated rings. The first-order valence-electron chi connectivity index (χ1n) is 6.15. The summed E-state index contributed by atoms with van der Waals surface area (Å²) in [4.78, 5) is 12.5. The molecule has 0 atom stereocenters. The van der Waals surface area contributed by atoms with Crippen molar-refractivity contribution in [3.05, 3.63) is 56.5 Å². The molecule has 0 bridgehead atoms. The molecule has 2 aromatic rings. The Balaban J connectivity index is 2.46. The molecule has 3 nitrogen and oxygen atoms in total. The zero-order valence-electron chi connectivity index (χ0n) is 11.1. The molecule has 2 rings (SSSR count). The lowest BCUT2D eigenvalue weighted by Crippen LogP contribution is -2.06. The van der Waals surface area contributed by atoms with Crippen LogP contribution in [0.15, 0.2) is 30.3 Å². The number of benzene rings is 2. The lowest BCUT2D eigenvalue weighted by atomic mass is 10.0. The van der Waals surface area contributed by atoms with Gasteiger partial charge >= 0.3 is 0 Å². The predicted octanol–water partition coefficient (Wildman–Crippen LogP) is 4.86. The topological polar surface area (TPSA) is 52.3 Å². The van der Waals surface area contributed by atoms with Gasteiger partial charge in [-0.25, -0.2) is 0 Å². The molecule has 0 saturated heterocycles. The summed E-state index contributed by atoms with van der Waals surface area (Å²) < 4.78 is 5.33. The van der Waals surface area contributed by atoms with Gasteiger partial charge in [-0.15, -0.1) is 0 Å². The van der Waals surface area contributed by atoms with E-state index in [0.29, 0.717) is 28.0 Å². The number of hydrogen-bond acceptors (Lipinski definition) is 3. The number of nitrogen functional groups attached to an aromatic ring is 1. The smallest absolute Gasteiger partial charge is 0.196 e. The first kappa shape index (κ1) is 16.0. The van der Waals surface area contributed by atoms with E-state index in [9.17, 15) is 4.79 Å². The highest BCUT2D eigenvalue weighted by Crippen LogP contribution is 2.33. The third kappa shape index (κ3) is 3.43. The average Bonchev–Trinajstić information content (AvgIpc) is 2.42. The van der Waals surface area contributed by atoms with Crippen molar-refractivity contribution >= 4 is 46.3 Å². The molecular weight excluding hydrogens is 333 g/mol. The third-order valence-corrected chi connectivity index (χ3v) is 3.67. The number of ether oxygens (including phenoxy) is 1. The SMILES string of the molecule is CCOc1cc(Cl)c(C(=O)c2ccc(Cl)cc2N)cc1Cl. The molecule has 0 radical (unpaired) electrons. The maximum absolute atomic E-state index is 12.5. The van der Waals surface area contributed by atoms with Crippen LogP contribution in [0.3, 0.4) is 0 Å². The number of halogens is 3. The molecule has 0 spiro atoms. The van der Waals surface area contributed by atoms with Gasteiger partial charge in [0.15, 0.2) is 5.78 Å². The van der Waals surface area contributed by atoms with Crippen molar-refractivity contribution in [2.75, 3.05) is 12.3 Å². The largest absolute Gasteiger partial charge is 0.492 e. The summed E-state index contributed by atoms with van der Waals surface area (Å²) in [5.74, 6) is 0.115. The second-order valence-corrected chi connectivity index (χ2v) is 5.51. The minimum atomic E-state index is -0.320. The van der Waals surface area contributed by atoms with Crippen LogP contribution in [0.4, 0.5) is 5.69 Å². The molecule has 0 aliphatic heterocycles. The molecule has 0 saturated carbocycles. The van der Waals surface area contributed by atoms with E-state index < -0.39 is 0 Å². The van der Waals surface area contributed by atoms with E-state index in [1.807, 2.05) is 6.92 Å². The number of nitrogens with two attached hydrogens (primary N) is 1. The average molecular weight is 345 g/mol. The molecule has 21 heavy (non-hydrogen) atoms. The fourth-order valence-electron chi connectivity index (χ4n) is 1.85. The standard InChI is InChI=1S/C15H12Cl3NO2/c1-2-21-14-7-11(17)10(6-12(14)18)15(20)9-4-3-8(16)5-13(9)19/h3-7H,2,19H2,1H3. The Labute approximate surface area is 137 Å². The van der Waals surface area contributed by atoms with Crippen LogP contribution in [0.5, 0.6) is 5.75 Å². The monoisotopic (exact) mass is 343 g/mol. The number of carbonyl (C=O) groups is 1. The first-order chi connectivity index (χ1) is 9.93. The molecule has 0 aliphatic rings. The highest BCUT2D eigenvalue weighted by molar-refractivity contribution is 6.38. The Morgan fingerprint density at radius 1 is 1.10 bits per heavy atom. The van der Waals surface area contributed by atoms with Crippen LogP contribution in [-0.2, 0) is 0 Å². The summed E-state index contributed by atoms with van der Waals surface area (Å²) in [6.07, 6.45) is 0. The molecule has 0 unspecified atom stereocenters. The number of ketones is 1. The fraction of sp³-hybridized carbons (Fsp3) is 0.133. The minimum Gasteiger partial charge on any atom is -0.492 e. The molecule has 2 aromatic carbocycles. The van der Waals surface area contributed by atoms with Crippen molar-refractivity contribution < 1.29 is 9.53 Å². The van der Waals surface area contributed by atoms with Gasteiger partial charge in [-0.3, -0.25) is 4.79 Å². The molecular formula is C15H12Cl3NO2. The van der Waals surface area contributed by atoms with Gasteiger partial charge < -0.3 is 10.5 Å². The lowest BCUT2D eigenvalue weighted by Gasteiger charge is -2.11. The Morgan fingerprint density at radius 2 is 1.81 bits per heavy atom. The zero-order valence-corrected chi connectivity index (χ0v) is 13.4. The maximum atomic E-state index is 12.5. The van der Waals surface area contributed by atoms with E-state index in [-0.39, 0.29) is 22.1 Å². The Kier molecular flexibility index (Phi) is 4.99. The van der Waals surface area contributed by atoms with Gasteiger partial charge in [0.25, 0.3) is 0 Å². The van der Waals surface area contributed by atoms with Crippen LogP contribution in [-0.4, -0.2) is 12.4 Å². The van der Waals surface area contributed by atoms with E-state index in [2.05, 4.69) is 0 Å². The van der Waals surface area contributed by atoms with Gasteiger partial charge in [0.1, 0.15) is 5.75 Å². The third-order valence-electron chi connectivity index (χ3n) is 2.82. The second kappa shape index (κ2) is 6.56. The normalized spacial score (nSPS) is 10.5. The summed E-state index contributed by atoms with van der Waals surface area (Å²) >= 11 is 18.1. The summed E-state index contributed by atoms with van der Waals surface area (Å²) in [5.41, 5.74) is 6.69.